The van der Waals surface area contributed by atoms with Gasteiger partial charge in [0, 0.05) is 30.1 Å². The molecule has 2 heterocycles. The van der Waals surface area contributed by atoms with Crippen LogP contribution in [-0.2, 0) is 12.8 Å². The molecule has 0 atom stereocenters. The molecule has 2 rings (SSSR count). The van der Waals surface area contributed by atoms with E-state index in [0.717, 1.165) is 10.9 Å². The molecule has 0 unspecified atom stereocenters. The SMILES string of the molecule is Cn1ccnc1SCc1ccc(Br)s1. The summed E-state index contributed by atoms with van der Waals surface area (Å²) in [5.74, 6) is 0.987. The molecule has 0 saturated carbocycles. The maximum atomic E-state index is 4.26. The largest absolute Gasteiger partial charge is 0.329 e. The van der Waals surface area contributed by atoms with Gasteiger partial charge < -0.3 is 4.57 Å². The second kappa shape index (κ2) is 4.51. The first-order chi connectivity index (χ1) is 6.75. The molecule has 0 aliphatic carbocycles. The Morgan fingerprint density at radius 1 is 1.57 bits per heavy atom. The molecule has 0 radical (unpaired) electrons. The average molecular weight is 289 g/mol. The van der Waals surface area contributed by atoms with Gasteiger partial charge in [-0.05, 0) is 28.1 Å². The van der Waals surface area contributed by atoms with Gasteiger partial charge >= 0.3 is 0 Å². The summed E-state index contributed by atoms with van der Waals surface area (Å²) < 4.78 is 3.22. The Balaban J connectivity index is 1.98. The van der Waals surface area contributed by atoms with Crippen LogP contribution in [0.5, 0.6) is 0 Å². The van der Waals surface area contributed by atoms with Crippen LogP contribution in [0.2, 0.25) is 0 Å². The molecule has 0 saturated heterocycles. The monoisotopic (exact) mass is 288 g/mol. The average Bonchev–Trinajstić information content (AvgIpc) is 2.72. The third kappa shape index (κ3) is 2.40. The summed E-state index contributed by atoms with van der Waals surface area (Å²) in [5.41, 5.74) is 0. The van der Waals surface area contributed by atoms with Crippen LogP contribution < -0.4 is 0 Å². The number of imidazole rings is 1. The third-order valence-corrected chi connectivity index (χ3v) is 4.66. The molecule has 0 aromatic carbocycles. The van der Waals surface area contributed by atoms with Gasteiger partial charge in [-0.25, -0.2) is 4.98 Å². The lowest BCUT2D eigenvalue weighted by Gasteiger charge is -1.98. The molecule has 0 fully saturated rings. The van der Waals surface area contributed by atoms with E-state index in [0.29, 0.717) is 0 Å². The number of aromatic nitrogens is 2. The number of thiophene rings is 1. The van der Waals surface area contributed by atoms with Crippen LogP contribution in [0.25, 0.3) is 0 Å². The summed E-state index contributed by atoms with van der Waals surface area (Å²) in [7, 11) is 2.01. The molecule has 2 aromatic rings. The molecule has 5 heteroatoms. The van der Waals surface area contributed by atoms with E-state index in [2.05, 4.69) is 33.0 Å². The number of nitrogens with zero attached hydrogens (tertiary/aromatic N) is 2. The minimum absolute atomic E-state index is 0.987. The Bertz CT molecular complexity index is 422. The molecule has 0 amide bonds. The Morgan fingerprint density at radius 2 is 2.43 bits per heavy atom. The fourth-order valence-corrected chi connectivity index (χ4v) is 3.51. The van der Waals surface area contributed by atoms with Crippen molar-refractivity contribution in [1.82, 2.24) is 9.55 Å². The van der Waals surface area contributed by atoms with E-state index in [1.54, 1.807) is 23.1 Å². The van der Waals surface area contributed by atoms with Crippen molar-refractivity contribution in [3.05, 3.63) is 33.2 Å². The summed E-state index contributed by atoms with van der Waals surface area (Å²) in [6.45, 7) is 0. The van der Waals surface area contributed by atoms with Crippen molar-refractivity contribution in [2.24, 2.45) is 7.05 Å². The normalized spacial score (nSPS) is 10.7. The lowest BCUT2D eigenvalue weighted by molar-refractivity contribution is 0.790. The maximum absolute atomic E-state index is 4.26. The van der Waals surface area contributed by atoms with Crippen LogP contribution in [-0.4, -0.2) is 9.55 Å². The first-order valence-electron chi connectivity index (χ1n) is 4.10. The lowest BCUT2D eigenvalue weighted by atomic mass is 10.5. The maximum Gasteiger partial charge on any atom is 0.168 e. The summed E-state index contributed by atoms with van der Waals surface area (Å²) >= 11 is 6.99. The van der Waals surface area contributed by atoms with Crippen molar-refractivity contribution in [3.63, 3.8) is 0 Å². The van der Waals surface area contributed by atoms with Crippen LogP contribution >= 0.6 is 39.0 Å². The number of hydrogen-bond acceptors (Lipinski definition) is 3. The van der Waals surface area contributed by atoms with Crippen LogP contribution in [0.3, 0.4) is 0 Å². The zero-order valence-electron chi connectivity index (χ0n) is 7.61. The highest BCUT2D eigenvalue weighted by Crippen LogP contribution is 2.28. The van der Waals surface area contributed by atoms with Crippen LogP contribution in [0.4, 0.5) is 0 Å². The van der Waals surface area contributed by atoms with E-state index >= 15 is 0 Å². The number of halogens is 1. The second-order valence-electron chi connectivity index (χ2n) is 2.82. The Morgan fingerprint density at radius 3 is 3.00 bits per heavy atom. The minimum atomic E-state index is 0.987. The summed E-state index contributed by atoms with van der Waals surface area (Å²) in [5, 5.41) is 1.06. The van der Waals surface area contributed by atoms with Gasteiger partial charge in [0.25, 0.3) is 0 Å². The highest BCUT2D eigenvalue weighted by molar-refractivity contribution is 9.11. The van der Waals surface area contributed by atoms with Gasteiger partial charge in [-0.3, -0.25) is 0 Å². The molecule has 74 valence electrons. The van der Waals surface area contributed by atoms with Gasteiger partial charge in [0.05, 0.1) is 3.79 Å². The Kier molecular flexibility index (Phi) is 3.30. The summed E-state index contributed by atoms with van der Waals surface area (Å²) in [4.78, 5) is 5.62. The molecule has 0 aliphatic rings. The van der Waals surface area contributed by atoms with Crippen molar-refractivity contribution < 1.29 is 0 Å². The fourth-order valence-electron chi connectivity index (χ4n) is 1.06. The van der Waals surface area contributed by atoms with Crippen molar-refractivity contribution in [2.75, 3.05) is 0 Å². The zero-order valence-corrected chi connectivity index (χ0v) is 10.8. The first kappa shape index (κ1) is 10.3. The van der Waals surface area contributed by atoms with Crippen LogP contribution in [0, 0.1) is 0 Å². The number of aryl methyl sites for hydroxylation is 1. The van der Waals surface area contributed by atoms with Gasteiger partial charge in [0.15, 0.2) is 5.16 Å². The number of rotatable bonds is 3. The van der Waals surface area contributed by atoms with E-state index in [-0.39, 0.29) is 0 Å². The summed E-state index contributed by atoms with van der Waals surface area (Å²) in [6, 6.07) is 4.23. The van der Waals surface area contributed by atoms with Gasteiger partial charge in [0.1, 0.15) is 0 Å². The smallest absolute Gasteiger partial charge is 0.168 e. The van der Waals surface area contributed by atoms with Crippen LogP contribution in [0.15, 0.2) is 33.5 Å². The van der Waals surface area contributed by atoms with Crippen molar-refractivity contribution in [2.45, 2.75) is 10.9 Å². The summed E-state index contributed by atoms with van der Waals surface area (Å²) in [6.07, 6.45) is 3.79. The molecular weight excluding hydrogens is 280 g/mol. The van der Waals surface area contributed by atoms with E-state index < -0.39 is 0 Å². The van der Waals surface area contributed by atoms with Gasteiger partial charge in [0.2, 0.25) is 0 Å². The predicted octanol–water partition coefficient (Wildman–Crippen LogP) is 3.54. The molecule has 0 bridgehead atoms. The Hall–Kier alpha value is -0.260. The van der Waals surface area contributed by atoms with E-state index in [1.165, 1.54) is 8.66 Å². The zero-order chi connectivity index (χ0) is 9.97. The minimum Gasteiger partial charge on any atom is -0.329 e. The van der Waals surface area contributed by atoms with Gasteiger partial charge in [-0.2, -0.15) is 0 Å². The number of thioether (sulfide) groups is 1. The molecule has 0 aliphatic heterocycles. The highest BCUT2D eigenvalue weighted by Gasteiger charge is 2.02. The molecule has 0 spiro atoms. The fraction of sp³-hybridized carbons (Fsp3) is 0.222. The van der Waals surface area contributed by atoms with Crippen LogP contribution in [0.1, 0.15) is 4.88 Å². The van der Waals surface area contributed by atoms with Gasteiger partial charge in [-0.15, -0.1) is 11.3 Å². The quantitative estimate of drug-likeness (QED) is 0.804. The lowest BCUT2D eigenvalue weighted by Crippen LogP contribution is -1.88. The topological polar surface area (TPSA) is 17.8 Å². The second-order valence-corrected chi connectivity index (χ2v) is 6.31. The van der Waals surface area contributed by atoms with Crippen molar-refractivity contribution in [3.8, 4) is 0 Å². The molecule has 0 N–H and O–H groups in total. The molecule has 2 nitrogen and oxygen atoms in total. The van der Waals surface area contributed by atoms with Crippen molar-refractivity contribution in [1.29, 1.82) is 0 Å². The van der Waals surface area contributed by atoms with E-state index in [1.807, 2.05) is 24.0 Å². The molecular formula is C9H9BrN2S2. The van der Waals surface area contributed by atoms with Gasteiger partial charge in [-0.1, -0.05) is 11.8 Å². The third-order valence-electron chi connectivity index (χ3n) is 1.75. The van der Waals surface area contributed by atoms with E-state index in [4.69, 9.17) is 0 Å². The Labute approximate surface area is 99.5 Å². The first-order valence-corrected chi connectivity index (χ1v) is 6.69. The molecule has 2 aromatic heterocycles. The number of hydrogen-bond donors (Lipinski definition) is 0. The van der Waals surface area contributed by atoms with Crippen molar-refractivity contribution >= 4 is 39.0 Å². The molecule has 14 heavy (non-hydrogen) atoms. The standard InChI is InChI=1S/C9H9BrN2S2/c1-12-5-4-11-9(12)13-6-7-2-3-8(10)14-7/h2-5H,6H2,1H3. The predicted molar refractivity (Wildman–Crippen MR) is 64.8 cm³/mol. The highest BCUT2D eigenvalue weighted by atomic mass is 79.9. The van der Waals surface area contributed by atoms with E-state index in [9.17, 15) is 0 Å².